The first-order chi connectivity index (χ1) is 11.2. The van der Waals surface area contributed by atoms with E-state index in [1.165, 1.54) is 64.2 Å². The van der Waals surface area contributed by atoms with Gasteiger partial charge in [-0.1, -0.05) is 76.9 Å². The topological polar surface area (TPSA) is 46.2 Å². The average molecular weight is 322 g/mol. The number of carbonyl (C=O) groups excluding carboxylic acids is 2. The summed E-state index contributed by atoms with van der Waals surface area (Å²) in [6, 6.07) is 0. The Bertz CT molecular complexity index is 363. The van der Waals surface area contributed by atoms with Gasteiger partial charge in [0.15, 0.2) is 0 Å². The Labute approximate surface area is 142 Å². The second kappa shape index (κ2) is 13.3. The number of hydrogen-bond acceptors (Lipinski definition) is 2. The van der Waals surface area contributed by atoms with E-state index < -0.39 is 0 Å². The number of carbonyl (C=O) groups is 2. The fourth-order valence-corrected chi connectivity index (χ4v) is 3.12. The normalized spacial score (nSPS) is 18.0. The maximum absolute atomic E-state index is 11.4. The van der Waals surface area contributed by atoms with E-state index in [2.05, 4.69) is 24.4 Å². The highest BCUT2D eigenvalue weighted by Gasteiger charge is 2.29. The minimum atomic E-state index is -0.116. The van der Waals surface area contributed by atoms with Crippen LogP contribution in [0.2, 0.25) is 0 Å². The Morgan fingerprint density at radius 3 is 2.00 bits per heavy atom. The summed E-state index contributed by atoms with van der Waals surface area (Å²) >= 11 is 0. The largest absolute Gasteiger partial charge is 0.296 e. The van der Waals surface area contributed by atoms with Gasteiger partial charge in [0.05, 0.1) is 0 Å². The predicted molar refractivity (Wildman–Crippen MR) is 96.1 cm³/mol. The fraction of sp³-hybridized carbons (Fsp3) is 0.800. The smallest absolute Gasteiger partial charge is 0.230 e. The van der Waals surface area contributed by atoms with Crippen LogP contribution < -0.4 is 5.32 Å². The van der Waals surface area contributed by atoms with E-state index >= 15 is 0 Å². The molecule has 1 atom stereocenters. The summed E-state index contributed by atoms with van der Waals surface area (Å²) in [6.45, 7) is 2.26. The highest BCUT2D eigenvalue weighted by Crippen LogP contribution is 2.17. The second-order valence-electron chi connectivity index (χ2n) is 6.83. The van der Waals surface area contributed by atoms with Gasteiger partial charge in [0, 0.05) is 12.3 Å². The molecule has 0 spiro atoms. The Morgan fingerprint density at radius 1 is 0.870 bits per heavy atom. The van der Waals surface area contributed by atoms with Crippen LogP contribution in [0.25, 0.3) is 0 Å². The number of allylic oxidation sites excluding steroid dienone is 2. The summed E-state index contributed by atoms with van der Waals surface area (Å²) in [7, 11) is 0. The van der Waals surface area contributed by atoms with Gasteiger partial charge in [-0.2, -0.15) is 0 Å². The van der Waals surface area contributed by atoms with E-state index in [1.807, 2.05) is 0 Å². The van der Waals surface area contributed by atoms with Crippen LogP contribution in [0.5, 0.6) is 0 Å². The zero-order chi connectivity index (χ0) is 16.8. The lowest BCUT2D eigenvalue weighted by molar-refractivity contribution is -0.125. The average Bonchev–Trinajstić information content (AvgIpc) is 2.85. The third-order valence-electron chi connectivity index (χ3n) is 4.64. The van der Waals surface area contributed by atoms with Gasteiger partial charge in [-0.05, 0) is 25.7 Å². The summed E-state index contributed by atoms with van der Waals surface area (Å²) in [5.74, 6) is -0.295. The van der Waals surface area contributed by atoms with E-state index in [0.29, 0.717) is 6.42 Å². The molecule has 0 aromatic heterocycles. The third-order valence-corrected chi connectivity index (χ3v) is 4.64. The fourth-order valence-electron chi connectivity index (χ4n) is 3.12. The van der Waals surface area contributed by atoms with Crippen molar-refractivity contribution in [2.75, 3.05) is 0 Å². The number of imide groups is 1. The van der Waals surface area contributed by atoms with Crippen LogP contribution in [0.15, 0.2) is 12.2 Å². The van der Waals surface area contributed by atoms with Crippen LogP contribution >= 0.6 is 0 Å². The van der Waals surface area contributed by atoms with Gasteiger partial charge >= 0.3 is 0 Å². The predicted octanol–water partition coefficient (Wildman–Crippen LogP) is 5.30. The van der Waals surface area contributed by atoms with Gasteiger partial charge < -0.3 is 0 Å². The molecule has 132 valence electrons. The number of unbranched alkanes of at least 4 members (excludes halogenated alkanes) is 10. The Balaban J connectivity index is 1.82. The van der Waals surface area contributed by atoms with Crippen molar-refractivity contribution in [3.8, 4) is 0 Å². The molecule has 0 saturated carbocycles. The van der Waals surface area contributed by atoms with E-state index in [0.717, 1.165) is 19.3 Å². The molecule has 1 N–H and O–H groups in total. The molecule has 23 heavy (non-hydrogen) atoms. The van der Waals surface area contributed by atoms with Crippen LogP contribution in [0, 0.1) is 5.92 Å². The molecule has 1 heterocycles. The van der Waals surface area contributed by atoms with E-state index in [9.17, 15) is 9.59 Å². The Hall–Kier alpha value is -1.12. The van der Waals surface area contributed by atoms with Gasteiger partial charge in [0.25, 0.3) is 0 Å². The Morgan fingerprint density at radius 2 is 1.43 bits per heavy atom. The zero-order valence-electron chi connectivity index (χ0n) is 14.9. The van der Waals surface area contributed by atoms with Gasteiger partial charge in [-0.3, -0.25) is 14.9 Å². The lowest BCUT2D eigenvalue weighted by Gasteiger charge is -2.02. The van der Waals surface area contributed by atoms with Crippen molar-refractivity contribution in [3.63, 3.8) is 0 Å². The molecule has 1 fully saturated rings. The van der Waals surface area contributed by atoms with Crippen molar-refractivity contribution >= 4 is 11.8 Å². The highest BCUT2D eigenvalue weighted by atomic mass is 16.2. The maximum Gasteiger partial charge on any atom is 0.230 e. The first kappa shape index (κ1) is 19.9. The number of amides is 2. The SMILES string of the molecule is CCCCCCCCCCCCC=CCCC1CC(=O)NC1=O. The number of hydrogen-bond donors (Lipinski definition) is 1. The molecule has 2 amide bonds. The van der Waals surface area contributed by atoms with Crippen LogP contribution in [0.3, 0.4) is 0 Å². The molecule has 3 heteroatoms. The van der Waals surface area contributed by atoms with Crippen molar-refractivity contribution in [3.05, 3.63) is 12.2 Å². The molecule has 3 nitrogen and oxygen atoms in total. The molecule has 0 aromatic carbocycles. The number of nitrogens with one attached hydrogen (secondary N) is 1. The van der Waals surface area contributed by atoms with Crippen molar-refractivity contribution in [2.24, 2.45) is 5.92 Å². The first-order valence-corrected chi connectivity index (χ1v) is 9.72. The minimum absolute atomic E-state index is 0.0851. The van der Waals surface area contributed by atoms with Gasteiger partial charge in [-0.25, -0.2) is 0 Å². The molecule has 0 aliphatic carbocycles. The van der Waals surface area contributed by atoms with Crippen LogP contribution in [0.1, 0.15) is 96.8 Å². The monoisotopic (exact) mass is 321 g/mol. The summed E-state index contributed by atoms with van der Waals surface area (Å²) in [5, 5.41) is 2.36. The molecule has 0 aromatic rings. The molecule has 1 aliphatic heterocycles. The molecule has 0 bridgehead atoms. The molecule has 1 saturated heterocycles. The lowest BCUT2D eigenvalue weighted by atomic mass is 10.0. The highest BCUT2D eigenvalue weighted by molar-refractivity contribution is 6.03. The van der Waals surface area contributed by atoms with Crippen LogP contribution in [-0.4, -0.2) is 11.8 Å². The van der Waals surface area contributed by atoms with Gasteiger partial charge in [-0.15, -0.1) is 0 Å². The van der Waals surface area contributed by atoms with Crippen LogP contribution in [0.4, 0.5) is 0 Å². The third kappa shape index (κ3) is 10.3. The molecular formula is C20H35NO2. The standard InChI is InChI=1S/C20H35NO2/c1-2-3-4-5-6-7-8-9-10-11-12-13-14-15-16-18-17-19(22)21-20(18)23/h13-14,18H,2-12,15-17H2,1H3,(H,21,22,23). The summed E-state index contributed by atoms with van der Waals surface area (Å²) < 4.78 is 0. The van der Waals surface area contributed by atoms with Crippen molar-refractivity contribution in [1.82, 2.24) is 5.32 Å². The van der Waals surface area contributed by atoms with Crippen molar-refractivity contribution in [1.29, 1.82) is 0 Å². The van der Waals surface area contributed by atoms with Crippen LogP contribution in [-0.2, 0) is 9.59 Å². The van der Waals surface area contributed by atoms with E-state index in [4.69, 9.17) is 0 Å². The molecule has 0 radical (unpaired) electrons. The van der Waals surface area contributed by atoms with Gasteiger partial charge in [0.2, 0.25) is 11.8 Å². The maximum atomic E-state index is 11.4. The van der Waals surface area contributed by atoms with E-state index in [1.54, 1.807) is 0 Å². The summed E-state index contributed by atoms with van der Waals surface area (Å²) in [5.41, 5.74) is 0. The minimum Gasteiger partial charge on any atom is -0.296 e. The summed E-state index contributed by atoms with van der Waals surface area (Å²) in [6.07, 6.45) is 21.4. The van der Waals surface area contributed by atoms with Crippen molar-refractivity contribution in [2.45, 2.75) is 96.8 Å². The van der Waals surface area contributed by atoms with Gasteiger partial charge in [0.1, 0.15) is 0 Å². The van der Waals surface area contributed by atoms with E-state index in [-0.39, 0.29) is 17.7 Å². The molecule has 1 aliphatic rings. The molecular weight excluding hydrogens is 286 g/mol. The molecule has 1 rings (SSSR count). The second-order valence-corrected chi connectivity index (χ2v) is 6.83. The zero-order valence-corrected chi connectivity index (χ0v) is 14.9. The number of rotatable bonds is 14. The first-order valence-electron chi connectivity index (χ1n) is 9.72. The Kier molecular flexibility index (Phi) is 11.5. The lowest BCUT2D eigenvalue weighted by Crippen LogP contribution is -2.21. The molecule has 1 unspecified atom stereocenters. The van der Waals surface area contributed by atoms with Crippen molar-refractivity contribution < 1.29 is 9.59 Å². The quantitative estimate of drug-likeness (QED) is 0.268. The summed E-state index contributed by atoms with van der Waals surface area (Å²) in [4.78, 5) is 22.5.